The van der Waals surface area contributed by atoms with Crippen molar-refractivity contribution in [2.24, 2.45) is 11.8 Å². The molecule has 1 aromatic rings. The summed E-state index contributed by atoms with van der Waals surface area (Å²) in [6, 6.07) is 11.5. The van der Waals surface area contributed by atoms with E-state index < -0.39 is 0 Å². The minimum atomic E-state index is 0.314. The molecule has 1 aliphatic rings. The molecule has 0 radical (unpaired) electrons. The number of rotatable bonds is 7. The van der Waals surface area contributed by atoms with Crippen LogP contribution in [0.15, 0.2) is 30.3 Å². The monoisotopic (exact) mass is 304 g/mol. The van der Waals surface area contributed by atoms with Crippen LogP contribution in [0.4, 0.5) is 0 Å². The third-order valence-electron chi connectivity index (χ3n) is 4.94. The molecule has 2 atom stereocenters. The van der Waals surface area contributed by atoms with E-state index in [-0.39, 0.29) is 0 Å². The Morgan fingerprint density at radius 2 is 1.73 bits per heavy atom. The molecule has 0 amide bonds. The highest BCUT2D eigenvalue weighted by molar-refractivity contribution is 5.14. The van der Waals surface area contributed by atoms with Gasteiger partial charge in [-0.3, -0.25) is 4.90 Å². The number of aliphatic hydroxyl groups excluding tert-OH is 1. The Morgan fingerprint density at radius 1 is 1.09 bits per heavy atom. The number of aliphatic hydroxyl groups is 1. The Balaban J connectivity index is 1.88. The summed E-state index contributed by atoms with van der Waals surface area (Å²) in [5.74, 6) is 1.37. The maximum atomic E-state index is 8.94. The van der Waals surface area contributed by atoms with E-state index in [2.05, 4.69) is 61.0 Å². The van der Waals surface area contributed by atoms with Gasteiger partial charge in [-0.15, -0.1) is 0 Å². The van der Waals surface area contributed by atoms with Crippen molar-refractivity contribution in [1.29, 1.82) is 0 Å². The Bertz CT molecular complexity index is 411. The van der Waals surface area contributed by atoms with E-state index in [0.717, 1.165) is 25.9 Å². The molecular weight excluding hydrogens is 272 g/mol. The van der Waals surface area contributed by atoms with Gasteiger partial charge in [0.05, 0.1) is 0 Å². The van der Waals surface area contributed by atoms with Crippen molar-refractivity contribution in [3.8, 4) is 0 Å². The molecule has 0 aromatic heterocycles. The van der Waals surface area contributed by atoms with Gasteiger partial charge in [0.2, 0.25) is 0 Å². The van der Waals surface area contributed by atoms with Crippen molar-refractivity contribution in [3.05, 3.63) is 35.9 Å². The number of unbranched alkanes of at least 4 members (excludes halogenated alkanes) is 1. The molecule has 3 nitrogen and oxygen atoms in total. The van der Waals surface area contributed by atoms with E-state index in [4.69, 9.17) is 5.11 Å². The van der Waals surface area contributed by atoms with Crippen LogP contribution in [0.3, 0.4) is 0 Å². The lowest BCUT2D eigenvalue weighted by molar-refractivity contribution is 0.0316. The summed E-state index contributed by atoms with van der Waals surface area (Å²) in [6.45, 7) is 9.60. The molecule has 0 saturated carbocycles. The predicted octanol–water partition coefficient (Wildman–Crippen LogP) is 2.85. The number of hydrogen-bond donors (Lipinski definition) is 1. The average Bonchev–Trinajstić information content (AvgIpc) is 2.48. The van der Waals surface area contributed by atoms with Crippen molar-refractivity contribution in [1.82, 2.24) is 9.80 Å². The molecule has 1 aliphatic heterocycles. The lowest BCUT2D eigenvalue weighted by atomic mass is 9.84. The highest BCUT2D eigenvalue weighted by atomic mass is 16.2. The lowest BCUT2D eigenvalue weighted by Crippen LogP contribution is -2.53. The summed E-state index contributed by atoms with van der Waals surface area (Å²) in [6.07, 6.45) is 2.01. The highest BCUT2D eigenvalue weighted by Gasteiger charge is 2.34. The highest BCUT2D eigenvalue weighted by Crippen LogP contribution is 2.27. The second kappa shape index (κ2) is 8.66. The van der Waals surface area contributed by atoms with Crippen molar-refractivity contribution >= 4 is 0 Å². The summed E-state index contributed by atoms with van der Waals surface area (Å²) in [4.78, 5) is 5.12. The van der Waals surface area contributed by atoms with Gasteiger partial charge in [0.15, 0.2) is 0 Å². The molecule has 124 valence electrons. The van der Waals surface area contributed by atoms with Crippen LogP contribution >= 0.6 is 0 Å². The standard InChI is InChI=1S/C19H32N2O/c1-16-13-21(15-18-9-5-4-6-10-18)14-17(2)19(16)20(3)11-7-8-12-22/h4-6,9-10,16-17,19,22H,7-8,11-15H2,1-3H3. The number of hydrogen-bond acceptors (Lipinski definition) is 3. The van der Waals surface area contributed by atoms with E-state index in [1.54, 1.807) is 0 Å². The first-order valence-corrected chi connectivity index (χ1v) is 8.69. The van der Waals surface area contributed by atoms with Gasteiger partial charge in [0, 0.05) is 32.3 Å². The van der Waals surface area contributed by atoms with Crippen LogP contribution < -0.4 is 0 Å². The minimum Gasteiger partial charge on any atom is -0.396 e. The third-order valence-corrected chi connectivity index (χ3v) is 4.94. The molecule has 1 saturated heterocycles. The lowest BCUT2D eigenvalue weighted by Gasteiger charge is -2.45. The quantitative estimate of drug-likeness (QED) is 0.785. The zero-order valence-corrected chi connectivity index (χ0v) is 14.4. The summed E-state index contributed by atoms with van der Waals surface area (Å²) < 4.78 is 0. The van der Waals surface area contributed by atoms with Crippen LogP contribution in [0.5, 0.6) is 0 Å². The molecule has 0 aliphatic carbocycles. The molecular formula is C19H32N2O. The Hall–Kier alpha value is -0.900. The number of benzene rings is 1. The Kier molecular flexibility index (Phi) is 6.87. The number of likely N-dealkylation sites (tertiary alicyclic amines) is 1. The first-order chi connectivity index (χ1) is 10.6. The fourth-order valence-electron chi connectivity index (χ4n) is 4.13. The second-order valence-electron chi connectivity index (χ2n) is 7.04. The predicted molar refractivity (Wildman–Crippen MR) is 92.8 cm³/mol. The molecule has 2 rings (SSSR count). The number of piperidine rings is 1. The van der Waals surface area contributed by atoms with Crippen molar-refractivity contribution in [2.45, 2.75) is 39.3 Å². The van der Waals surface area contributed by atoms with Gasteiger partial charge in [-0.1, -0.05) is 44.2 Å². The van der Waals surface area contributed by atoms with Crippen LogP contribution in [-0.2, 0) is 6.54 Å². The smallest absolute Gasteiger partial charge is 0.0431 e. The van der Waals surface area contributed by atoms with Gasteiger partial charge in [-0.25, -0.2) is 0 Å². The summed E-state index contributed by atoms with van der Waals surface area (Å²) >= 11 is 0. The zero-order chi connectivity index (χ0) is 15.9. The van der Waals surface area contributed by atoms with Gasteiger partial charge in [-0.05, 0) is 43.8 Å². The SMILES string of the molecule is CC1CN(Cc2ccccc2)CC(C)C1N(C)CCCCO. The molecule has 3 heteroatoms. The zero-order valence-electron chi connectivity index (χ0n) is 14.4. The summed E-state index contributed by atoms with van der Waals surface area (Å²) in [7, 11) is 2.25. The van der Waals surface area contributed by atoms with Crippen molar-refractivity contribution in [3.63, 3.8) is 0 Å². The summed E-state index contributed by atoms with van der Waals surface area (Å²) in [5, 5.41) is 8.94. The van der Waals surface area contributed by atoms with Crippen LogP contribution in [-0.4, -0.2) is 54.2 Å². The molecule has 1 fully saturated rings. The van der Waals surface area contributed by atoms with E-state index in [0.29, 0.717) is 24.5 Å². The van der Waals surface area contributed by atoms with E-state index in [1.807, 2.05) is 0 Å². The maximum absolute atomic E-state index is 8.94. The molecule has 1 aromatic carbocycles. The van der Waals surface area contributed by atoms with Crippen LogP contribution in [0.1, 0.15) is 32.3 Å². The van der Waals surface area contributed by atoms with Gasteiger partial charge in [0.1, 0.15) is 0 Å². The minimum absolute atomic E-state index is 0.314. The number of nitrogens with zero attached hydrogens (tertiary/aromatic N) is 2. The fourth-order valence-corrected chi connectivity index (χ4v) is 4.13. The van der Waals surface area contributed by atoms with Gasteiger partial charge in [-0.2, -0.15) is 0 Å². The average molecular weight is 304 g/mol. The van der Waals surface area contributed by atoms with Crippen molar-refractivity contribution in [2.75, 3.05) is 33.3 Å². The van der Waals surface area contributed by atoms with Gasteiger partial charge < -0.3 is 10.0 Å². The first-order valence-electron chi connectivity index (χ1n) is 8.69. The van der Waals surface area contributed by atoms with Crippen molar-refractivity contribution < 1.29 is 5.11 Å². The van der Waals surface area contributed by atoms with Crippen LogP contribution in [0.2, 0.25) is 0 Å². The summed E-state index contributed by atoms with van der Waals surface area (Å²) in [5.41, 5.74) is 1.41. The van der Waals surface area contributed by atoms with E-state index in [9.17, 15) is 0 Å². The second-order valence-corrected chi connectivity index (χ2v) is 7.04. The normalized spacial score (nSPS) is 26.5. The van der Waals surface area contributed by atoms with E-state index in [1.165, 1.54) is 18.7 Å². The molecule has 1 N–H and O–H groups in total. The van der Waals surface area contributed by atoms with Crippen LogP contribution in [0, 0.1) is 11.8 Å². The molecule has 0 spiro atoms. The molecule has 1 heterocycles. The molecule has 2 unspecified atom stereocenters. The Labute approximate surface area is 135 Å². The van der Waals surface area contributed by atoms with Crippen LogP contribution in [0.25, 0.3) is 0 Å². The Morgan fingerprint density at radius 3 is 2.32 bits per heavy atom. The first kappa shape index (κ1) is 17.5. The molecule has 22 heavy (non-hydrogen) atoms. The largest absolute Gasteiger partial charge is 0.396 e. The topological polar surface area (TPSA) is 26.7 Å². The third kappa shape index (κ3) is 4.80. The molecule has 0 bridgehead atoms. The van der Waals surface area contributed by atoms with Gasteiger partial charge >= 0.3 is 0 Å². The maximum Gasteiger partial charge on any atom is 0.0431 e. The fraction of sp³-hybridized carbons (Fsp3) is 0.684. The van der Waals surface area contributed by atoms with E-state index >= 15 is 0 Å². The van der Waals surface area contributed by atoms with Gasteiger partial charge in [0.25, 0.3) is 0 Å².